The van der Waals surface area contributed by atoms with Crippen LogP contribution < -0.4 is 10.1 Å². The van der Waals surface area contributed by atoms with Crippen molar-refractivity contribution in [2.75, 3.05) is 19.5 Å². The largest absolute Gasteiger partial charge is 0.496 e. The molecule has 0 saturated heterocycles. The fourth-order valence-corrected chi connectivity index (χ4v) is 1.52. The standard InChI is InChI=1S/C12H12FN3O/c1-14-11-7-6-9(15-16-11)12-8(13)4-3-5-10(12)17-2/h3-7H,1-2H3,(H,14,16). The van der Waals surface area contributed by atoms with Crippen LogP contribution in [-0.4, -0.2) is 24.4 Å². The molecule has 2 rings (SSSR count). The van der Waals surface area contributed by atoms with Crippen LogP contribution in [0.1, 0.15) is 0 Å². The number of benzene rings is 1. The van der Waals surface area contributed by atoms with Crippen molar-refractivity contribution >= 4 is 5.82 Å². The number of hydrogen-bond donors (Lipinski definition) is 1. The second kappa shape index (κ2) is 4.78. The normalized spacial score (nSPS) is 10.1. The molecule has 0 atom stereocenters. The molecule has 2 aromatic rings. The monoisotopic (exact) mass is 233 g/mol. The van der Waals surface area contributed by atoms with Gasteiger partial charge in [0.05, 0.1) is 18.4 Å². The lowest BCUT2D eigenvalue weighted by Crippen LogP contribution is -1.98. The van der Waals surface area contributed by atoms with Crippen LogP contribution in [0.5, 0.6) is 5.75 Å². The van der Waals surface area contributed by atoms with E-state index in [0.29, 0.717) is 22.8 Å². The van der Waals surface area contributed by atoms with Crippen LogP contribution in [0.4, 0.5) is 10.2 Å². The van der Waals surface area contributed by atoms with Gasteiger partial charge in [0.2, 0.25) is 0 Å². The molecular formula is C12H12FN3O. The molecule has 0 fully saturated rings. The molecule has 0 amide bonds. The Morgan fingerprint density at radius 2 is 2.00 bits per heavy atom. The van der Waals surface area contributed by atoms with Crippen molar-refractivity contribution in [3.8, 4) is 17.0 Å². The zero-order valence-electron chi connectivity index (χ0n) is 9.57. The molecule has 1 heterocycles. The SMILES string of the molecule is CNc1ccc(-c2c(F)cccc2OC)nn1. The fraction of sp³-hybridized carbons (Fsp3) is 0.167. The first-order chi connectivity index (χ1) is 8.26. The molecule has 0 radical (unpaired) electrons. The molecule has 1 N–H and O–H groups in total. The van der Waals surface area contributed by atoms with Crippen molar-refractivity contribution in [2.24, 2.45) is 0 Å². The molecule has 0 spiro atoms. The molecule has 17 heavy (non-hydrogen) atoms. The number of halogens is 1. The van der Waals surface area contributed by atoms with Gasteiger partial charge in [-0.1, -0.05) is 6.07 Å². The van der Waals surface area contributed by atoms with Crippen LogP contribution >= 0.6 is 0 Å². The van der Waals surface area contributed by atoms with E-state index in [1.165, 1.54) is 13.2 Å². The van der Waals surface area contributed by atoms with E-state index in [1.807, 2.05) is 0 Å². The van der Waals surface area contributed by atoms with Crippen LogP contribution in [0, 0.1) is 5.82 Å². The molecule has 4 nitrogen and oxygen atoms in total. The Kier molecular flexibility index (Phi) is 3.18. The molecule has 0 aliphatic rings. The maximum atomic E-state index is 13.7. The van der Waals surface area contributed by atoms with E-state index in [0.717, 1.165) is 0 Å². The Morgan fingerprint density at radius 3 is 2.59 bits per heavy atom. The molecule has 1 aromatic heterocycles. The lowest BCUT2D eigenvalue weighted by atomic mass is 10.1. The Bertz CT molecular complexity index is 514. The van der Waals surface area contributed by atoms with E-state index in [4.69, 9.17) is 4.74 Å². The van der Waals surface area contributed by atoms with Crippen molar-refractivity contribution in [1.82, 2.24) is 10.2 Å². The predicted octanol–water partition coefficient (Wildman–Crippen LogP) is 2.33. The summed E-state index contributed by atoms with van der Waals surface area (Å²) in [6, 6.07) is 8.07. The van der Waals surface area contributed by atoms with Gasteiger partial charge in [-0.3, -0.25) is 0 Å². The predicted molar refractivity (Wildman–Crippen MR) is 63.5 cm³/mol. The van der Waals surface area contributed by atoms with Gasteiger partial charge >= 0.3 is 0 Å². The Balaban J connectivity index is 2.51. The van der Waals surface area contributed by atoms with E-state index >= 15 is 0 Å². The molecule has 0 unspecified atom stereocenters. The third kappa shape index (κ3) is 2.18. The summed E-state index contributed by atoms with van der Waals surface area (Å²) in [5.74, 6) is 0.691. The first-order valence-electron chi connectivity index (χ1n) is 5.10. The summed E-state index contributed by atoms with van der Waals surface area (Å²) < 4.78 is 18.9. The van der Waals surface area contributed by atoms with Crippen molar-refractivity contribution in [3.05, 3.63) is 36.1 Å². The number of ether oxygens (including phenoxy) is 1. The molecule has 5 heteroatoms. The minimum absolute atomic E-state index is 0.324. The van der Waals surface area contributed by atoms with Gasteiger partial charge in [-0.05, 0) is 24.3 Å². The number of aromatic nitrogens is 2. The van der Waals surface area contributed by atoms with Gasteiger partial charge in [-0.15, -0.1) is 10.2 Å². The molecule has 88 valence electrons. The highest BCUT2D eigenvalue weighted by Gasteiger charge is 2.13. The third-order valence-electron chi connectivity index (χ3n) is 2.37. The Morgan fingerprint density at radius 1 is 1.18 bits per heavy atom. The van der Waals surface area contributed by atoms with Gasteiger partial charge in [0.15, 0.2) is 0 Å². The minimum Gasteiger partial charge on any atom is -0.496 e. The molecule has 0 aliphatic carbocycles. The first-order valence-corrected chi connectivity index (χ1v) is 5.10. The van der Waals surface area contributed by atoms with E-state index in [-0.39, 0.29) is 5.82 Å². The van der Waals surface area contributed by atoms with E-state index in [1.54, 1.807) is 31.3 Å². The van der Waals surface area contributed by atoms with Gasteiger partial charge in [0, 0.05) is 7.05 Å². The van der Waals surface area contributed by atoms with Gasteiger partial charge in [-0.25, -0.2) is 4.39 Å². The number of rotatable bonds is 3. The summed E-state index contributed by atoms with van der Waals surface area (Å²) >= 11 is 0. The summed E-state index contributed by atoms with van der Waals surface area (Å²) in [6.45, 7) is 0. The highest BCUT2D eigenvalue weighted by atomic mass is 19.1. The van der Waals surface area contributed by atoms with Crippen molar-refractivity contribution in [1.29, 1.82) is 0 Å². The highest BCUT2D eigenvalue weighted by Crippen LogP contribution is 2.30. The van der Waals surface area contributed by atoms with Crippen LogP contribution in [0.2, 0.25) is 0 Å². The van der Waals surface area contributed by atoms with Crippen LogP contribution in [0.15, 0.2) is 30.3 Å². The van der Waals surface area contributed by atoms with Crippen LogP contribution in [-0.2, 0) is 0 Å². The lowest BCUT2D eigenvalue weighted by molar-refractivity contribution is 0.413. The van der Waals surface area contributed by atoms with Crippen molar-refractivity contribution in [2.45, 2.75) is 0 Å². The van der Waals surface area contributed by atoms with Crippen LogP contribution in [0.3, 0.4) is 0 Å². The average Bonchev–Trinajstić information content (AvgIpc) is 2.38. The number of hydrogen-bond acceptors (Lipinski definition) is 4. The molecule has 0 saturated carbocycles. The van der Waals surface area contributed by atoms with Gasteiger partial charge < -0.3 is 10.1 Å². The molecule has 0 bridgehead atoms. The zero-order chi connectivity index (χ0) is 12.3. The quantitative estimate of drug-likeness (QED) is 0.883. The van der Waals surface area contributed by atoms with E-state index < -0.39 is 0 Å². The average molecular weight is 233 g/mol. The van der Waals surface area contributed by atoms with Crippen LogP contribution in [0.25, 0.3) is 11.3 Å². The molecular weight excluding hydrogens is 221 g/mol. The smallest absolute Gasteiger partial charge is 0.148 e. The zero-order valence-corrected chi connectivity index (χ0v) is 9.57. The summed E-state index contributed by atoms with van der Waals surface area (Å²) in [6.07, 6.45) is 0. The number of nitrogens with one attached hydrogen (secondary N) is 1. The second-order valence-electron chi connectivity index (χ2n) is 3.37. The van der Waals surface area contributed by atoms with Crippen molar-refractivity contribution < 1.29 is 9.13 Å². The van der Waals surface area contributed by atoms with Gasteiger partial charge in [0.25, 0.3) is 0 Å². The fourth-order valence-electron chi connectivity index (χ4n) is 1.52. The van der Waals surface area contributed by atoms with Gasteiger partial charge in [-0.2, -0.15) is 0 Å². The molecule has 1 aromatic carbocycles. The molecule has 0 aliphatic heterocycles. The number of nitrogens with zero attached hydrogens (tertiary/aromatic N) is 2. The first kappa shape index (κ1) is 11.3. The van der Waals surface area contributed by atoms with E-state index in [9.17, 15) is 4.39 Å². The lowest BCUT2D eigenvalue weighted by Gasteiger charge is -2.08. The van der Waals surface area contributed by atoms with Gasteiger partial charge in [0.1, 0.15) is 17.4 Å². The minimum atomic E-state index is -0.379. The topological polar surface area (TPSA) is 47.0 Å². The maximum Gasteiger partial charge on any atom is 0.148 e. The summed E-state index contributed by atoms with van der Waals surface area (Å²) in [5.41, 5.74) is 0.768. The summed E-state index contributed by atoms with van der Waals surface area (Å²) in [4.78, 5) is 0. The number of methoxy groups -OCH3 is 1. The summed E-state index contributed by atoms with van der Waals surface area (Å²) in [7, 11) is 3.24. The maximum absolute atomic E-state index is 13.7. The Hall–Kier alpha value is -2.17. The third-order valence-corrected chi connectivity index (χ3v) is 2.37. The second-order valence-corrected chi connectivity index (χ2v) is 3.37. The van der Waals surface area contributed by atoms with E-state index in [2.05, 4.69) is 15.5 Å². The highest BCUT2D eigenvalue weighted by molar-refractivity contribution is 5.68. The van der Waals surface area contributed by atoms with Crippen molar-refractivity contribution in [3.63, 3.8) is 0 Å². The number of anilines is 1. The summed E-state index contributed by atoms with van der Waals surface area (Å²) in [5, 5.41) is 10.7. The Labute approximate surface area is 98.5 Å².